The number of hydrogen-bond acceptors (Lipinski definition) is 6. The average Bonchev–Trinajstić information content (AvgIpc) is 3.94. The Balaban J connectivity index is 1.04. The fraction of sp³-hybridized carbons (Fsp3) is 0.0833. The van der Waals surface area contributed by atoms with E-state index in [0.717, 1.165) is 82.8 Å². The van der Waals surface area contributed by atoms with Gasteiger partial charge in [0.05, 0.1) is 33.5 Å². The molecule has 264 valence electrons. The summed E-state index contributed by atoms with van der Waals surface area (Å²) in [5.41, 5.74) is 12.0. The third-order valence-corrected chi connectivity index (χ3v) is 12.6. The van der Waals surface area contributed by atoms with Crippen LogP contribution in [0.4, 0.5) is 17.1 Å². The van der Waals surface area contributed by atoms with Crippen LogP contribution in [-0.2, 0) is 5.41 Å². The largest absolute Gasteiger partial charge is 0.456 e. The predicted molar refractivity (Wildman–Crippen MR) is 230 cm³/mol. The number of nitrogens with zero attached hydrogens (tertiary/aromatic N) is 4. The van der Waals surface area contributed by atoms with E-state index in [2.05, 4.69) is 170 Å². The minimum absolute atomic E-state index is 0.0802. The third kappa shape index (κ3) is 5.07. The van der Waals surface area contributed by atoms with E-state index in [0.29, 0.717) is 0 Å². The Kier molecular flexibility index (Phi) is 7.15. The third-order valence-electron chi connectivity index (χ3n) is 10.8. The standard InChI is InChI=1S/C48H34N4OS2/c1-48(2,3)30-23-25-31(26-24-30)51-36-16-7-9-21-42(36)54-43-27-22-29(28-39(43)51)47-49-46(50-55-47)34-14-10-17-37-44(34)32-12-4-6-15-35(32)52(37)38-18-11-20-41-45(38)33-13-5-8-19-40(33)53-41/h4-28H,1-3H3. The van der Waals surface area contributed by atoms with Crippen molar-refractivity contribution in [3.05, 3.63) is 157 Å². The summed E-state index contributed by atoms with van der Waals surface area (Å²) >= 11 is 3.27. The van der Waals surface area contributed by atoms with E-state index in [4.69, 9.17) is 13.8 Å². The first-order valence-corrected chi connectivity index (χ1v) is 20.1. The second-order valence-corrected chi connectivity index (χ2v) is 16.9. The lowest BCUT2D eigenvalue weighted by atomic mass is 9.87. The van der Waals surface area contributed by atoms with Crippen molar-refractivity contribution in [2.24, 2.45) is 0 Å². The molecule has 0 aliphatic carbocycles. The predicted octanol–water partition coefficient (Wildman–Crippen LogP) is 14.1. The Morgan fingerprint density at radius 2 is 1.29 bits per heavy atom. The summed E-state index contributed by atoms with van der Waals surface area (Å²) in [5.74, 6) is 0.729. The minimum atomic E-state index is 0.0802. The average molecular weight is 747 g/mol. The zero-order valence-electron chi connectivity index (χ0n) is 30.4. The van der Waals surface area contributed by atoms with Crippen molar-refractivity contribution in [1.82, 2.24) is 13.9 Å². The van der Waals surface area contributed by atoms with Gasteiger partial charge in [0.15, 0.2) is 5.82 Å². The van der Waals surface area contributed by atoms with Gasteiger partial charge in [-0.3, -0.25) is 0 Å². The normalized spacial score (nSPS) is 12.9. The topological polar surface area (TPSA) is 47.1 Å². The van der Waals surface area contributed by atoms with Crippen LogP contribution in [0, 0.1) is 0 Å². The number of hydrogen-bond donors (Lipinski definition) is 0. The SMILES string of the molecule is CC(C)(C)c1ccc(N2c3ccccc3Sc3ccc(-c4nc(-c5cccc6c5c5ccccc5n6-c5cccc6oc7ccccc7c56)ns4)cc32)cc1. The molecular weight excluding hydrogens is 713 g/mol. The van der Waals surface area contributed by atoms with Crippen LogP contribution in [0.5, 0.6) is 0 Å². The minimum Gasteiger partial charge on any atom is -0.456 e. The molecule has 0 spiro atoms. The number of rotatable bonds is 4. The molecular formula is C48H34N4OS2. The van der Waals surface area contributed by atoms with Crippen LogP contribution in [0.15, 0.2) is 166 Å². The summed E-state index contributed by atoms with van der Waals surface area (Å²) in [6.07, 6.45) is 0. The van der Waals surface area contributed by atoms with Gasteiger partial charge in [0.2, 0.25) is 0 Å². The zero-order valence-corrected chi connectivity index (χ0v) is 32.1. The van der Waals surface area contributed by atoms with Gasteiger partial charge in [0.25, 0.3) is 0 Å². The first-order chi connectivity index (χ1) is 26.9. The quantitative estimate of drug-likeness (QED) is 0.179. The summed E-state index contributed by atoms with van der Waals surface area (Å²) < 4.78 is 13.7. The first-order valence-electron chi connectivity index (χ1n) is 18.5. The molecule has 11 rings (SSSR count). The Bertz CT molecular complexity index is 3130. The Morgan fingerprint density at radius 1 is 0.582 bits per heavy atom. The highest BCUT2D eigenvalue weighted by molar-refractivity contribution is 7.99. The molecule has 0 atom stereocenters. The van der Waals surface area contributed by atoms with Gasteiger partial charge in [-0.2, -0.15) is 4.37 Å². The molecule has 7 aromatic carbocycles. The molecule has 1 aliphatic rings. The summed E-state index contributed by atoms with van der Waals surface area (Å²) in [5, 5.41) is 5.39. The molecule has 0 N–H and O–H groups in total. The molecule has 1 aliphatic heterocycles. The molecule has 0 radical (unpaired) electrons. The van der Waals surface area contributed by atoms with E-state index in [1.54, 1.807) is 0 Å². The van der Waals surface area contributed by atoms with Crippen LogP contribution in [-0.4, -0.2) is 13.9 Å². The van der Waals surface area contributed by atoms with Crippen molar-refractivity contribution >= 4 is 84.1 Å². The lowest BCUT2D eigenvalue weighted by molar-refractivity contribution is 0.590. The number of benzene rings is 7. The molecule has 3 aromatic heterocycles. The van der Waals surface area contributed by atoms with Crippen LogP contribution in [0.2, 0.25) is 0 Å². The monoisotopic (exact) mass is 746 g/mol. The summed E-state index contributed by atoms with van der Waals surface area (Å²) in [7, 11) is 0. The number of fused-ring (bicyclic) bond motifs is 8. The Hall–Kier alpha value is -6.15. The maximum absolute atomic E-state index is 6.32. The van der Waals surface area contributed by atoms with Gasteiger partial charge in [-0.05, 0) is 89.2 Å². The maximum atomic E-state index is 6.32. The number of para-hydroxylation sites is 3. The second-order valence-electron chi connectivity index (χ2n) is 15.1. The highest BCUT2D eigenvalue weighted by atomic mass is 32.2. The second kappa shape index (κ2) is 12.2. The fourth-order valence-electron chi connectivity index (χ4n) is 8.13. The van der Waals surface area contributed by atoms with Crippen molar-refractivity contribution in [3.8, 4) is 27.6 Å². The van der Waals surface area contributed by atoms with E-state index < -0.39 is 0 Å². The Labute approximate surface area is 326 Å². The van der Waals surface area contributed by atoms with Crippen molar-refractivity contribution in [1.29, 1.82) is 0 Å². The number of anilines is 3. The van der Waals surface area contributed by atoms with E-state index in [1.807, 2.05) is 23.9 Å². The van der Waals surface area contributed by atoms with E-state index in [-0.39, 0.29) is 5.41 Å². The molecule has 0 unspecified atom stereocenters. The van der Waals surface area contributed by atoms with Gasteiger partial charge >= 0.3 is 0 Å². The lowest BCUT2D eigenvalue weighted by Crippen LogP contribution is -2.16. The highest BCUT2D eigenvalue weighted by Crippen LogP contribution is 2.52. The van der Waals surface area contributed by atoms with Crippen molar-refractivity contribution in [2.45, 2.75) is 36.0 Å². The molecule has 5 nitrogen and oxygen atoms in total. The smallest absolute Gasteiger partial charge is 0.174 e. The summed E-state index contributed by atoms with van der Waals surface area (Å²) in [6, 6.07) is 54.1. The van der Waals surface area contributed by atoms with E-state index >= 15 is 0 Å². The molecule has 7 heteroatoms. The maximum Gasteiger partial charge on any atom is 0.174 e. The van der Waals surface area contributed by atoms with E-state index in [9.17, 15) is 0 Å². The summed E-state index contributed by atoms with van der Waals surface area (Å²) in [6.45, 7) is 6.78. The van der Waals surface area contributed by atoms with Crippen LogP contribution in [0.25, 0.3) is 71.4 Å². The van der Waals surface area contributed by atoms with E-state index in [1.165, 1.54) is 32.6 Å². The highest BCUT2D eigenvalue weighted by Gasteiger charge is 2.27. The molecule has 0 amide bonds. The molecule has 0 saturated heterocycles. The van der Waals surface area contributed by atoms with Crippen molar-refractivity contribution < 1.29 is 4.42 Å². The first kappa shape index (κ1) is 32.3. The van der Waals surface area contributed by atoms with Crippen molar-refractivity contribution in [2.75, 3.05) is 4.90 Å². The molecule has 0 bridgehead atoms. The molecule has 0 fully saturated rings. The molecule has 4 heterocycles. The molecule has 10 aromatic rings. The van der Waals surface area contributed by atoms with Gasteiger partial charge in [-0.25, -0.2) is 4.98 Å². The molecule has 55 heavy (non-hydrogen) atoms. The van der Waals surface area contributed by atoms with Crippen LogP contribution in [0.3, 0.4) is 0 Å². The zero-order chi connectivity index (χ0) is 36.8. The van der Waals surface area contributed by atoms with Crippen LogP contribution < -0.4 is 4.90 Å². The van der Waals surface area contributed by atoms with Gasteiger partial charge in [0.1, 0.15) is 16.2 Å². The fourth-order valence-corrected chi connectivity index (χ4v) is 9.84. The Morgan fingerprint density at radius 3 is 2.16 bits per heavy atom. The summed E-state index contributed by atoms with van der Waals surface area (Å²) in [4.78, 5) is 10.1. The molecule has 0 saturated carbocycles. The number of aromatic nitrogens is 3. The van der Waals surface area contributed by atoms with Gasteiger partial charge in [-0.15, -0.1) is 0 Å². The van der Waals surface area contributed by atoms with Gasteiger partial charge < -0.3 is 13.9 Å². The number of furan rings is 1. The van der Waals surface area contributed by atoms with Gasteiger partial charge in [-0.1, -0.05) is 117 Å². The van der Waals surface area contributed by atoms with Crippen LogP contribution >= 0.6 is 23.3 Å². The van der Waals surface area contributed by atoms with Crippen molar-refractivity contribution in [3.63, 3.8) is 0 Å². The van der Waals surface area contributed by atoms with Crippen LogP contribution in [0.1, 0.15) is 26.3 Å². The van der Waals surface area contributed by atoms with Gasteiger partial charge in [0, 0.05) is 42.8 Å². The lowest BCUT2D eigenvalue weighted by Gasteiger charge is -2.33.